The van der Waals surface area contributed by atoms with Crippen LogP contribution < -0.4 is 14.3 Å². The Morgan fingerprint density at radius 1 is 1.06 bits per heavy atom. The van der Waals surface area contributed by atoms with Gasteiger partial charge < -0.3 is 18.8 Å². The van der Waals surface area contributed by atoms with Crippen LogP contribution in [0.25, 0.3) is 10.2 Å². The third kappa shape index (κ3) is 4.72. The van der Waals surface area contributed by atoms with Crippen LogP contribution in [0.1, 0.15) is 24.2 Å². The van der Waals surface area contributed by atoms with E-state index in [1.807, 2.05) is 16.7 Å². The van der Waals surface area contributed by atoms with Crippen LogP contribution in [0, 0.1) is 0 Å². The molecule has 2 aromatic carbocycles. The van der Waals surface area contributed by atoms with Crippen molar-refractivity contribution in [2.45, 2.75) is 30.5 Å². The second kappa shape index (κ2) is 9.85. The van der Waals surface area contributed by atoms with Gasteiger partial charge >= 0.3 is 0 Å². The summed E-state index contributed by atoms with van der Waals surface area (Å²) in [6, 6.07) is 9.54. The van der Waals surface area contributed by atoms with Crippen molar-refractivity contribution in [1.29, 1.82) is 0 Å². The molecule has 1 heterocycles. The summed E-state index contributed by atoms with van der Waals surface area (Å²) >= 11 is 1.35. The van der Waals surface area contributed by atoms with Gasteiger partial charge in [0.25, 0.3) is 5.91 Å². The Hall–Kier alpha value is -2.69. The van der Waals surface area contributed by atoms with Crippen molar-refractivity contribution in [3.05, 3.63) is 46.8 Å². The van der Waals surface area contributed by atoms with Crippen molar-refractivity contribution in [2.75, 3.05) is 27.9 Å². The van der Waals surface area contributed by atoms with Crippen LogP contribution in [0.5, 0.6) is 11.5 Å². The molecule has 0 N–H and O–H groups in total. The molecular formula is C22H26N2O6S2. The van der Waals surface area contributed by atoms with Crippen LogP contribution in [0.4, 0.5) is 0 Å². The number of methoxy groups -OCH3 is 3. The van der Waals surface area contributed by atoms with Crippen molar-refractivity contribution >= 4 is 37.3 Å². The van der Waals surface area contributed by atoms with Gasteiger partial charge in [-0.1, -0.05) is 11.3 Å². The number of amides is 1. The minimum absolute atomic E-state index is 0.181. The van der Waals surface area contributed by atoms with Gasteiger partial charge in [-0.15, -0.1) is 0 Å². The van der Waals surface area contributed by atoms with Crippen molar-refractivity contribution < 1.29 is 27.4 Å². The summed E-state index contributed by atoms with van der Waals surface area (Å²) in [6.45, 7) is 4.16. The molecule has 10 heteroatoms. The molecule has 0 saturated carbocycles. The summed E-state index contributed by atoms with van der Waals surface area (Å²) in [6.07, 6.45) is 0. The summed E-state index contributed by atoms with van der Waals surface area (Å²) in [5, 5.41) is -0.541. The van der Waals surface area contributed by atoms with Gasteiger partial charge in [0, 0.05) is 31.4 Å². The fraction of sp³-hybridized carbons (Fsp3) is 0.364. The highest BCUT2D eigenvalue weighted by atomic mass is 32.2. The molecule has 0 aliphatic carbocycles. The second-order valence-electron chi connectivity index (χ2n) is 7.24. The number of carbonyl (C=O) groups excluding carboxylic acids is 1. The molecule has 3 rings (SSSR count). The SMILES string of the molecule is COCCn1c(=NC(=O)c2ccc(S(=O)(=O)C(C)C)cc2)sc2cc(OC)c(OC)cc21. The zero-order chi connectivity index (χ0) is 23.5. The number of ether oxygens (including phenoxy) is 3. The molecule has 32 heavy (non-hydrogen) atoms. The highest BCUT2D eigenvalue weighted by molar-refractivity contribution is 7.92. The molecule has 0 fully saturated rings. The number of nitrogens with zero attached hydrogens (tertiary/aromatic N) is 2. The number of carbonyl (C=O) groups is 1. The van der Waals surface area contributed by atoms with Crippen LogP contribution in [0.3, 0.4) is 0 Å². The maximum Gasteiger partial charge on any atom is 0.279 e. The number of aromatic nitrogens is 1. The lowest BCUT2D eigenvalue weighted by molar-refractivity contribution is 0.0997. The smallest absolute Gasteiger partial charge is 0.279 e. The molecule has 0 aliphatic rings. The molecule has 0 unspecified atom stereocenters. The number of thiazole rings is 1. The van der Waals surface area contributed by atoms with E-state index < -0.39 is 21.0 Å². The molecule has 3 aromatic rings. The maximum atomic E-state index is 12.9. The van der Waals surface area contributed by atoms with Gasteiger partial charge in [-0.25, -0.2) is 8.42 Å². The molecule has 1 aromatic heterocycles. The normalized spacial score (nSPS) is 12.5. The van der Waals surface area contributed by atoms with E-state index in [1.165, 1.54) is 35.6 Å². The number of benzene rings is 2. The monoisotopic (exact) mass is 478 g/mol. The first kappa shape index (κ1) is 24.0. The highest BCUT2D eigenvalue weighted by Gasteiger charge is 2.19. The van der Waals surface area contributed by atoms with E-state index in [2.05, 4.69) is 4.99 Å². The first-order valence-electron chi connectivity index (χ1n) is 9.90. The molecule has 172 valence electrons. The van der Waals surface area contributed by atoms with E-state index >= 15 is 0 Å². The fourth-order valence-corrected chi connectivity index (χ4v) is 5.22. The van der Waals surface area contributed by atoms with E-state index in [0.29, 0.717) is 35.0 Å². The Kier molecular flexibility index (Phi) is 7.37. The lowest BCUT2D eigenvalue weighted by Crippen LogP contribution is -2.19. The summed E-state index contributed by atoms with van der Waals surface area (Å²) < 4.78 is 43.4. The molecule has 0 spiro atoms. The molecule has 8 nitrogen and oxygen atoms in total. The van der Waals surface area contributed by atoms with E-state index in [9.17, 15) is 13.2 Å². The molecule has 0 aliphatic heterocycles. The molecule has 0 bridgehead atoms. The van der Waals surface area contributed by atoms with E-state index in [1.54, 1.807) is 35.2 Å². The zero-order valence-electron chi connectivity index (χ0n) is 18.6. The Balaban J connectivity index is 2.07. The quantitative estimate of drug-likeness (QED) is 0.493. The number of sulfone groups is 1. The fourth-order valence-electron chi connectivity index (χ4n) is 3.09. The number of hydrogen-bond acceptors (Lipinski definition) is 7. The van der Waals surface area contributed by atoms with Crippen LogP contribution >= 0.6 is 11.3 Å². The van der Waals surface area contributed by atoms with Crippen molar-refractivity contribution in [3.8, 4) is 11.5 Å². The number of fused-ring (bicyclic) bond motifs is 1. The average molecular weight is 479 g/mol. The third-order valence-corrected chi connectivity index (χ3v) is 8.17. The molecule has 0 atom stereocenters. The van der Waals surface area contributed by atoms with E-state index in [4.69, 9.17) is 14.2 Å². The molecule has 0 saturated heterocycles. The lowest BCUT2D eigenvalue weighted by atomic mass is 10.2. The predicted octanol–water partition coefficient (Wildman–Crippen LogP) is 3.29. The maximum absolute atomic E-state index is 12.9. The lowest BCUT2D eigenvalue weighted by Gasteiger charge is -2.09. The van der Waals surface area contributed by atoms with E-state index in [0.717, 1.165) is 10.2 Å². The minimum Gasteiger partial charge on any atom is -0.493 e. The van der Waals surface area contributed by atoms with Gasteiger partial charge in [0.2, 0.25) is 0 Å². The predicted molar refractivity (Wildman–Crippen MR) is 123 cm³/mol. The third-order valence-electron chi connectivity index (χ3n) is 4.95. The number of hydrogen-bond donors (Lipinski definition) is 0. The Morgan fingerprint density at radius 2 is 1.69 bits per heavy atom. The van der Waals surface area contributed by atoms with Gasteiger partial charge in [0.1, 0.15) is 0 Å². The summed E-state index contributed by atoms with van der Waals surface area (Å²) in [5.74, 6) is 0.693. The molecular weight excluding hydrogens is 452 g/mol. The largest absolute Gasteiger partial charge is 0.493 e. The standard InChI is InChI=1S/C22H26N2O6S2/c1-14(2)32(26,27)16-8-6-15(7-9-16)21(25)23-22-24(10-11-28-3)17-12-18(29-4)19(30-5)13-20(17)31-22/h6-9,12-14H,10-11H2,1-5H3. The minimum atomic E-state index is -3.41. The Labute approximate surface area is 191 Å². The van der Waals surface area contributed by atoms with Crippen LogP contribution in [-0.4, -0.2) is 52.1 Å². The number of rotatable bonds is 8. The van der Waals surface area contributed by atoms with Gasteiger partial charge in [-0.3, -0.25) is 4.79 Å². The van der Waals surface area contributed by atoms with Gasteiger partial charge in [0.05, 0.1) is 41.2 Å². The Bertz CT molecular complexity index is 1290. The van der Waals surface area contributed by atoms with Crippen LogP contribution in [-0.2, 0) is 21.1 Å². The molecule has 0 radical (unpaired) electrons. The van der Waals surface area contributed by atoms with Crippen molar-refractivity contribution in [1.82, 2.24) is 4.57 Å². The van der Waals surface area contributed by atoms with Crippen molar-refractivity contribution in [2.24, 2.45) is 4.99 Å². The van der Waals surface area contributed by atoms with Gasteiger partial charge in [0.15, 0.2) is 26.1 Å². The Morgan fingerprint density at radius 3 is 2.25 bits per heavy atom. The topological polar surface area (TPSA) is 96.2 Å². The van der Waals surface area contributed by atoms with Gasteiger partial charge in [-0.05, 0) is 38.1 Å². The zero-order valence-corrected chi connectivity index (χ0v) is 20.2. The summed E-state index contributed by atoms with van der Waals surface area (Å²) in [4.78, 5) is 17.8. The van der Waals surface area contributed by atoms with E-state index in [-0.39, 0.29) is 4.90 Å². The first-order valence-corrected chi connectivity index (χ1v) is 12.3. The van der Waals surface area contributed by atoms with Crippen LogP contribution in [0.2, 0.25) is 0 Å². The first-order chi connectivity index (χ1) is 15.2. The van der Waals surface area contributed by atoms with Crippen LogP contribution in [0.15, 0.2) is 46.3 Å². The summed E-state index contributed by atoms with van der Waals surface area (Å²) in [7, 11) is 1.32. The average Bonchev–Trinajstić information content (AvgIpc) is 3.12. The highest BCUT2D eigenvalue weighted by Crippen LogP contribution is 2.33. The van der Waals surface area contributed by atoms with Gasteiger partial charge in [-0.2, -0.15) is 4.99 Å². The summed E-state index contributed by atoms with van der Waals surface area (Å²) in [5.41, 5.74) is 1.15. The molecule has 1 amide bonds. The second-order valence-corrected chi connectivity index (χ2v) is 10.8. The van der Waals surface area contributed by atoms with Crippen molar-refractivity contribution in [3.63, 3.8) is 0 Å².